The highest BCUT2D eigenvalue weighted by molar-refractivity contribution is 5.85. The van der Waals surface area contributed by atoms with Crippen LogP contribution in [0.3, 0.4) is 0 Å². The Morgan fingerprint density at radius 3 is 2.97 bits per heavy atom. The summed E-state index contributed by atoms with van der Waals surface area (Å²) in [7, 11) is 1.66. The summed E-state index contributed by atoms with van der Waals surface area (Å²) in [4.78, 5) is 24.4. The summed E-state index contributed by atoms with van der Waals surface area (Å²) in [6.45, 7) is 2.83. The predicted octanol–water partition coefficient (Wildman–Crippen LogP) is 3.53. The van der Waals surface area contributed by atoms with E-state index in [9.17, 15) is 9.59 Å². The van der Waals surface area contributed by atoms with E-state index in [-0.39, 0.29) is 31.0 Å². The zero-order valence-corrected chi connectivity index (χ0v) is 18.4. The lowest BCUT2D eigenvalue weighted by Gasteiger charge is -2.41. The molecule has 1 spiro atoms. The molecule has 32 heavy (non-hydrogen) atoms. The minimum Gasteiger partial charge on any atom is -0.465 e. The van der Waals surface area contributed by atoms with Gasteiger partial charge in [0.2, 0.25) is 0 Å². The van der Waals surface area contributed by atoms with Crippen LogP contribution in [0, 0.1) is 5.92 Å². The summed E-state index contributed by atoms with van der Waals surface area (Å²) in [5, 5.41) is 0.745. The van der Waals surface area contributed by atoms with Crippen LogP contribution in [0.1, 0.15) is 38.2 Å². The van der Waals surface area contributed by atoms with Crippen LogP contribution in [-0.2, 0) is 30.2 Å². The number of hydrogen-bond donors (Lipinski definition) is 0. The minimum absolute atomic E-state index is 0.0249. The topological polar surface area (TPSA) is 84.2 Å². The van der Waals surface area contributed by atoms with Crippen molar-refractivity contribution >= 4 is 16.9 Å². The first-order valence-electron chi connectivity index (χ1n) is 11.2. The lowest BCUT2D eigenvalue weighted by Crippen LogP contribution is -2.48. The van der Waals surface area contributed by atoms with Crippen LogP contribution in [0.15, 0.2) is 51.2 Å². The van der Waals surface area contributed by atoms with E-state index in [2.05, 4.69) is 6.08 Å². The summed E-state index contributed by atoms with van der Waals surface area (Å²) in [5.74, 6) is -0.853. The van der Waals surface area contributed by atoms with Crippen molar-refractivity contribution in [2.75, 3.05) is 20.3 Å². The number of para-hydroxylation sites is 1. The third-order valence-electron chi connectivity index (χ3n) is 7.11. The maximum Gasteiger partial charge on any atom is 0.336 e. The number of carbonyl (C=O) groups is 1. The molecule has 0 amide bonds. The molecular formula is C25H28O7. The molecule has 0 bridgehead atoms. The normalized spacial score (nSPS) is 31.2. The van der Waals surface area contributed by atoms with Crippen molar-refractivity contribution in [3.05, 3.63) is 58.0 Å². The highest BCUT2D eigenvalue weighted by atomic mass is 16.7. The van der Waals surface area contributed by atoms with E-state index < -0.39 is 17.0 Å². The number of methoxy groups -OCH3 is 1. The Morgan fingerprint density at radius 1 is 1.28 bits per heavy atom. The SMILES string of the molecule is CO[C@@]1(C)C[C@@H]2OCC3=CCCC(CCOC(=O)Cc4cc(=O)oc5ccccc45)C32O1. The van der Waals surface area contributed by atoms with Gasteiger partial charge >= 0.3 is 11.6 Å². The molecule has 5 rings (SSSR count). The average molecular weight is 440 g/mol. The maximum atomic E-state index is 12.6. The standard InChI is InChI=1S/C25H28O7/c1-24(28-2)14-21-25(32-24)17(6-5-7-18(25)15-30-21)10-11-29-22(26)12-16-13-23(27)31-20-9-4-3-8-19(16)20/h3-4,7-9,13,17,21H,5-6,10-12,14-15H2,1-2H3/t17?,21-,24+,25?/m0/s1. The van der Waals surface area contributed by atoms with E-state index in [1.165, 1.54) is 11.6 Å². The van der Waals surface area contributed by atoms with Crippen molar-refractivity contribution in [2.24, 2.45) is 5.92 Å². The smallest absolute Gasteiger partial charge is 0.336 e. The lowest BCUT2D eigenvalue weighted by molar-refractivity contribution is -0.232. The molecule has 0 radical (unpaired) electrons. The Labute approximate surface area is 186 Å². The number of fused-ring (bicyclic) bond motifs is 1. The van der Waals surface area contributed by atoms with Crippen LogP contribution in [0.25, 0.3) is 11.0 Å². The Hall–Kier alpha value is -2.48. The molecule has 3 aliphatic rings. The zero-order chi connectivity index (χ0) is 22.3. The van der Waals surface area contributed by atoms with Gasteiger partial charge in [0.05, 0.1) is 25.7 Å². The fourth-order valence-electron chi connectivity index (χ4n) is 5.54. The van der Waals surface area contributed by atoms with Crippen molar-refractivity contribution in [2.45, 2.75) is 56.5 Å². The Balaban J connectivity index is 1.25. The molecule has 1 aliphatic carbocycles. The first-order valence-corrected chi connectivity index (χ1v) is 11.2. The molecule has 0 saturated carbocycles. The quantitative estimate of drug-likeness (QED) is 0.386. The summed E-state index contributed by atoms with van der Waals surface area (Å²) < 4.78 is 29.0. The number of esters is 1. The van der Waals surface area contributed by atoms with Crippen LogP contribution >= 0.6 is 0 Å². The molecule has 7 heteroatoms. The molecule has 2 aromatic rings. The molecule has 170 valence electrons. The fraction of sp³-hybridized carbons (Fsp3) is 0.520. The molecule has 1 aromatic carbocycles. The van der Waals surface area contributed by atoms with Crippen LogP contribution < -0.4 is 5.63 Å². The van der Waals surface area contributed by atoms with Gasteiger partial charge in [-0.05, 0) is 49.3 Å². The van der Waals surface area contributed by atoms with Crippen LogP contribution in [0.2, 0.25) is 0 Å². The van der Waals surface area contributed by atoms with E-state index in [4.69, 9.17) is 23.4 Å². The molecule has 2 aliphatic heterocycles. The van der Waals surface area contributed by atoms with E-state index in [1.807, 2.05) is 19.1 Å². The summed E-state index contributed by atoms with van der Waals surface area (Å²) in [6.07, 6.45) is 5.49. The van der Waals surface area contributed by atoms with Crippen LogP contribution in [-0.4, -0.2) is 43.8 Å². The highest BCUT2D eigenvalue weighted by Gasteiger charge is 2.63. The highest BCUT2D eigenvalue weighted by Crippen LogP contribution is 2.55. The van der Waals surface area contributed by atoms with E-state index in [1.54, 1.807) is 19.2 Å². The third kappa shape index (κ3) is 3.58. The van der Waals surface area contributed by atoms with Crippen molar-refractivity contribution in [3.63, 3.8) is 0 Å². The molecule has 1 aromatic heterocycles. The first-order chi connectivity index (χ1) is 15.4. The van der Waals surface area contributed by atoms with Crippen molar-refractivity contribution in [3.8, 4) is 0 Å². The van der Waals surface area contributed by atoms with Gasteiger partial charge < -0.3 is 23.4 Å². The van der Waals surface area contributed by atoms with Gasteiger partial charge in [-0.2, -0.15) is 0 Å². The van der Waals surface area contributed by atoms with Crippen LogP contribution in [0.4, 0.5) is 0 Å². The number of benzene rings is 1. The fourth-order valence-corrected chi connectivity index (χ4v) is 5.54. The zero-order valence-electron chi connectivity index (χ0n) is 18.4. The maximum absolute atomic E-state index is 12.6. The largest absolute Gasteiger partial charge is 0.465 e. The van der Waals surface area contributed by atoms with Crippen molar-refractivity contribution in [1.82, 2.24) is 0 Å². The molecule has 7 nitrogen and oxygen atoms in total. The lowest BCUT2D eigenvalue weighted by atomic mass is 9.71. The van der Waals surface area contributed by atoms with Gasteiger partial charge in [-0.1, -0.05) is 24.3 Å². The van der Waals surface area contributed by atoms with E-state index in [0.717, 1.165) is 18.2 Å². The van der Waals surface area contributed by atoms with Gasteiger partial charge in [-0.25, -0.2) is 4.79 Å². The Kier molecular flexibility index (Phi) is 5.43. The van der Waals surface area contributed by atoms with E-state index >= 15 is 0 Å². The van der Waals surface area contributed by atoms with Gasteiger partial charge in [0, 0.05) is 25.0 Å². The van der Waals surface area contributed by atoms with Gasteiger partial charge in [0.25, 0.3) is 0 Å². The monoisotopic (exact) mass is 440 g/mol. The second kappa shape index (κ2) is 8.14. The molecule has 3 heterocycles. The molecular weight excluding hydrogens is 412 g/mol. The summed E-state index contributed by atoms with van der Waals surface area (Å²) >= 11 is 0. The van der Waals surface area contributed by atoms with Gasteiger partial charge in [0.15, 0.2) is 5.79 Å². The molecule has 2 saturated heterocycles. The van der Waals surface area contributed by atoms with E-state index in [0.29, 0.717) is 30.6 Å². The first kappa shape index (κ1) is 21.4. The Bertz CT molecular complexity index is 1120. The molecule has 2 unspecified atom stereocenters. The number of allylic oxidation sites excluding steroid dienone is 1. The van der Waals surface area contributed by atoms with Crippen molar-refractivity contribution < 1.29 is 28.2 Å². The second-order valence-electron chi connectivity index (χ2n) is 9.01. The number of hydrogen-bond acceptors (Lipinski definition) is 7. The van der Waals surface area contributed by atoms with Gasteiger partial charge in [-0.3, -0.25) is 4.79 Å². The Morgan fingerprint density at radius 2 is 2.12 bits per heavy atom. The number of ether oxygens (including phenoxy) is 4. The van der Waals surface area contributed by atoms with Gasteiger partial charge in [0.1, 0.15) is 11.2 Å². The number of rotatable bonds is 6. The summed E-state index contributed by atoms with van der Waals surface area (Å²) in [5.41, 5.74) is 1.30. The van der Waals surface area contributed by atoms with Crippen molar-refractivity contribution in [1.29, 1.82) is 0 Å². The molecule has 4 atom stereocenters. The third-order valence-corrected chi connectivity index (χ3v) is 7.11. The predicted molar refractivity (Wildman–Crippen MR) is 116 cm³/mol. The molecule has 2 fully saturated rings. The number of carbonyl (C=O) groups excluding carboxylic acids is 1. The minimum atomic E-state index is -0.675. The molecule has 0 N–H and O–H groups in total. The average Bonchev–Trinajstić information content (AvgIpc) is 3.26. The van der Waals surface area contributed by atoms with Gasteiger partial charge in [-0.15, -0.1) is 0 Å². The van der Waals surface area contributed by atoms with Crippen LogP contribution in [0.5, 0.6) is 0 Å². The second-order valence-corrected chi connectivity index (χ2v) is 9.01. The summed E-state index contributed by atoms with van der Waals surface area (Å²) in [6, 6.07) is 8.55.